The maximum atomic E-state index is 11.5. The number of halogens is 1. The molecule has 1 atom stereocenters. The molecule has 1 aliphatic heterocycles. The standard InChI is InChI=1S/C8H11BrN2O2/c1-5(9)4-11-7(12)6(2)10(3)8(11)13/h6H,1,4H2,2-3H3/t6-/m1/s1. The summed E-state index contributed by atoms with van der Waals surface area (Å²) in [6.45, 7) is 5.54. The largest absolute Gasteiger partial charge is 0.327 e. The van der Waals surface area contributed by atoms with Crippen molar-refractivity contribution in [2.45, 2.75) is 13.0 Å². The van der Waals surface area contributed by atoms with Gasteiger partial charge in [0.15, 0.2) is 0 Å². The Morgan fingerprint density at radius 1 is 1.62 bits per heavy atom. The van der Waals surface area contributed by atoms with Crippen molar-refractivity contribution in [2.24, 2.45) is 0 Å². The second-order valence-electron chi connectivity index (χ2n) is 3.01. The molecule has 0 aromatic rings. The number of imide groups is 1. The lowest BCUT2D eigenvalue weighted by molar-refractivity contribution is -0.127. The quantitative estimate of drug-likeness (QED) is 0.687. The minimum absolute atomic E-state index is 0.173. The summed E-state index contributed by atoms with van der Waals surface area (Å²) in [5, 5.41) is 0. The number of carbonyl (C=O) groups is 2. The predicted octanol–water partition coefficient (Wildman–Crippen LogP) is 1.18. The lowest BCUT2D eigenvalue weighted by atomic mass is 10.3. The van der Waals surface area contributed by atoms with Crippen LogP contribution in [0.2, 0.25) is 0 Å². The minimum Gasteiger partial charge on any atom is -0.316 e. The summed E-state index contributed by atoms with van der Waals surface area (Å²) >= 11 is 3.12. The molecular formula is C8H11BrN2O2. The van der Waals surface area contributed by atoms with Crippen molar-refractivity contribution in [1.82, 2.24) is 9.80 Å². The lowest BCUT2D eigenvalue weighted by Crippen LogP contribution is -2.32. The van der Waals surface area contributed by atoms with Gasteiger partial charge in [0, 0.05) is 11.5 Å². The first-order chi connectivity index (χ1) is 5.95. The van der Waals surface area contributed by atoms with Crippen LogP contribution in [0.15, 0.2) is 11.1 Å². The van der Waals surface area contributed by atoms with Gasteiger partial charge >= 0.3 is 6.03 Å². The fraction of sp³-hybridized carbons (Fsp3) is 0.500. The van der Waals surface area contributed by atoms with Crippen molar-refractivity contribution in [3.8, 4) is 0 Å². The number of rotatable bonds is 2. The van der Waals surface area contributed by atoms with Crippen LogP contribution in [0.1, 0.15) is 6.92 Å². The number of hydrogen-bond donors (Lipinski definition) is 0. The van der Waals surface area contributed by atoms with E-state index in [0.717, 1.165) is 0 Å². The molecule has 3 amide bonds. The monoisotopic (exact) mass is 246 g/mol. The molecule has 0 spiro atoms. The van der Waals surface area contributed by atoms with Crippen LogP contribution < -0.4 is 0 Å². The fourth-order valence-electron chi connectivity index (χ4n) is 1.16. The SMILES string of the molecule is C=C(Br)CN1C(=O)[C@@H](C)N(C)C1=O. The molecule has 1 fully saturated rings. The van der Waals surface area contributed by atoms with Crippen molar-refractivity contribution >= 4 is 27.9 Å². The summed E-state index contributed by atoms with van der Waals surface area (Å²) in [4.78, 5) is 25.5. The van der Waals surface area contributed by atoms with Crippen LogP contribution in [0.25, 0.3) is 0 Å². The zero-order valence-corrected chi connectivity index (χ0v) is 9.17. The van der Waals surface area contributed by atoms with Gasteiger partial charge in [-0.05, 0) is 6.92 Å². The van der Waals surface area contributed by atoms with Gasteiger partial charge in [0.1, 0.15) is 6.04 Å². The van der Waals surface area contributed by atoms with E-state index in [1.807, 2.05) is 0 Å². The van der Waals surface area contributed by atoms with Crippen molar-refractivity contribution in [3.63, 3.8) is 0 Å². The number of carbonyl (C=O) groups excluding carboxylic acids is 2. The van der Waals surface area contributed by atoms with Gasteiger partial charge in [-0.3, -0.25) is 9.69 Å². The van der Waals surface area contributed by atoms with E-state index in [0.29, 0.717) is 4.48 Å². The van der Waals surface area contributed by atoms with Crippen LogP contribution in [0.3, 0.4) is 0 Å². The van der Waals surface area contributed by atoms with Gasteiger partial charge in [0.2, 0.25) is 0 Å². The van der Waals surface area contributed by atoms with Gasteiger partial charge in [0.05, 0.1) is 6.54 Å². The van der Waals surface area contributed by atoms with E-state index < -0.39 is 0 Å². The number of nitrogens with zero attached hydrogens (tertiary/aromatic N) is 2. The third-order valence-electron chi connectivity index (χ3n) is 2.07. The summed E-state index contributed by atoms with van der Waals surface area (Å²) in [6, 6.07) is -0.627. The Hall–Kier alpha value is -0.840. The molecule has 13 heavy (non-hydrogen) atoms. The molecule has 0 aromatic heterocycles. The highest BCUT2D eigenvalue weighted by molar-refractivity contribution is 9.11. The Balaban J connectivity index is 2.81. The highest BCUT2D eigenvalue weighted by Gasteiger charge is 2.39. The molecule has 1 rings (SSSR count). The van der Waals surface area contributed by atoms with Crippen LogP contribution in [-0.4, -0.2) is 41.4 Å². The van der Waals surface area contributed by atoms with E-state index in [-0.39, 0.29) is 24.5 Å². The maximum absolute atomic E-state index is 11.5. The van der Waals surface area contributed by atoms with Gasteiger partial charge in [0.25, 0.3) is 5.91 Å². The second kappa shape index (κ2) is 3.49. The predicted molar refractivity (Wildman–Crippen MR) is 52.4 cm³/mol. The van der Waals surface area contributed by atoms with E-state index in [1.165, 1.54) is 9.80 Å². The Labute approximate surface area is 85.3 Å². The van der Waals surface area contributed by atoms with E-state index in [1.54, 1.807) is 14.0 Å². The molecule has 4 nitrogen and oxygen atoms in total. The molecule has 0 aromatic carbocycles. The molecule has 72 valence electrons. The molecule has 1 heterocycles. The number of urea groups is 1. The first-order valence-electron chi connectivity index (χ1n) is 3.86. The van der Waals surface area contributed by atoms with E-state index in [4.69, 9.17) is 0 Å². The molecular weight excluding hydrogens is 236 g/mol. The van der Waals surface area contributed by atoms with Crippen LogP contribution in [0, 0.1) is 0 Å². The third kappa shape index (κ3) is 1.75. The van der Waals surface area contributed by atoms with Crippen molar-refractivity contribution in [3.05, 3.63) is 11.1 Å². The number of amides is 3. The summed E-state index contributed by atoms with van der Waals surface area (Å²) in [7, 11) is 1.61. The maximum Gasteiger partial charge on any atom is 0.327 e. The topological polar surface area (TPSA) is 40.6 Å². The molecule has 0 N–H and O–H groups in total. The Kier molecular flexibility index (Phi) is 2.75. The molecule has 1 saturated heterocycles. The Morgan fingerprint density at radius 3 is 2.46 bits per heavy atom. The van der Waals surface area contributed by atoms with Gasteiger partial charge in [-0.2, -0.15) is 0 Å². The molecule has 0 saturated carbocycles. The molecule has 1 aliphatic rings. The molecule has 0 radical (unpaired) electrons. The van der Waals surface area contributed by atoms with Gasteiger partial charge in [-0.1, -0.05) is 22.5 Å². The average Bonchev–Trinajstić information content (AvgIpc) is 2.22. The van der Waals surface area contributed by atoms with Crippen LogP contribution in [0.5, 0.6) is 0 Å². The highest BCUT2D eigenvalue weighted by Crippen LogP contribution is 2.17. The second-order valence-corrected chi connectivity index (χ2v) is 4.13. The van der Waals surface area contributed by atoms with Crippen LogP contribution in [0.4, 0.5) is 4.79 Å². The molecule has 5 heteroatoms. The summed E-state index contributed by atoms with van der Waals surface area (Å²) in [5.74, 6) is -0.173. The summed E-state index contributed by atoms with van der Waals surface area (Å²) < 4.78 is 0.622. The first-order valence-corrected chi connectivity index (χ1v) is 4.66. The Morgan fingerprint density at radius 2 is 2.15 bits per heavy atom. The minimum atomic E-state index is -0.362. The summed E-state index contributed by atoms with van der Waals surface area (Å²) in [5.41, 5.74) is 0. The van der Waals surface area contributed by atoms with Crippen LogP contribution >= 0.6 is 15.9 Å². The molecule has 0 bridgehead atoms. The lowest BCUT2D eigenvalue weighted by Gasteiger charge is -2.12. The average molecular weight is 247 g/mol. The smallest absolute Gasteiger partial charge is 0.316 e. The van der Waals surface area contributed by atoms with Crippen LogP contribution in [-0.2, 0) is 4.79 Å². The summed E-state index contributed by atoms with van der Waals surface area (Å²) in [6.07, 6.45) is 0. The first kappa shape index (κ1) is 10.2. The zero-order chi connectivity index (χ0) is 10.2. The van der Waals surface area contributed by atoms with E-state index in [9.17, 15) is 9.59 Å². The third-order valence-corrected chi connectivity index (χ3v) is 2.32. The van der Waals surface area contributed by atoms with Gasteiger partial charge in [-0.25, -0.2) is 4.79 Å². The van der Waals surface area contributed by atoms with Gasteiger partial charge < -0.3 is 4.90 Å². The molecule has 0 aliphatic carbocycles. The van der Waals surface area contributed by atoms with Gasteiger partial charge in [-0.15, -0.1) is 0 Å². The fourth-order valence-corrected chi connectivity index (χ4v) is 1.41. The highest BCUT2D eigenvalue weighted by atomic mass is 79.9. The zero-order valence-electron chi connectivity index (χ0n) is 7.58. The van der Waals surface area contributed by atoms with Crippen molar-refractivity contribution < 1.29 is 9.59 Å². The number of likely N-dealkylation sites (N-methyl/N-ethyl adjacent to an activating group) is 1. The normalized spacial score (nSPS) is 22.8. The number of hydrogen-bond acceptors (Lipinski definition) is 2. The van der Waals surface area contributed by atoms with E-state index >= 15 is 0 Å². The Bertz CT molecular complexity index is 257. The van der Waals surface area contributed by atoms with E-state index in [2.05, 4.69) is 22.5 Å². The molecule has 0 unspecified atom stereocenters. The van der Waals surface area contributed by atoms with Crippen molar-refractivity contribution in [2.75, 3.05) is 13.6 Å². The van der Waals surface area contributed by atoms with Crippen molar-refractivity contribution in [1.29, 1.82) is 0 Å².